The first kappa shape index (κ1) is 31.9. The van der Waals surface area contributed by atoms with Crippen molar-refractivity contribution in [1.29, 1.82) is 0 Å². The van der Waals surface area contributed by atoms with Gasteiger partial charge in [0.15, 0.2) is 0 Å². The van der Waals surface area contributed by atoms with Crippen molar-refractivity contribution in [3.05, 3.63) is 106 Å². The van der Waals surface area contributed by atoms with Gasteiger partial charge >= 0.3 is 11.9 Å². The molecule has 6 rings (SSSR count). The summed E-state index contributed by atoms with van der Waals surface area (Å²) in [5, 5.41) is 66.6. The molecule has 240 valence electrons. The predicted octanol–water partition coefficient (Wildman–Crippen LogP) is 5.63. The van der Waals surface area contributed by atoms with Crippen LogP contribution in [-0.2, 0) is 25.7 Å². The molecule has 6 aromatic rings. The fraction of sp³-hybridized carbons (Fsp3) is 0.211. The summed E-state index contributed by atoms with van der Waals surface area (Å²) in [6.45, 7) is -0.845. The van der Waals surface area contributed by atoms with Crippen molar-refractivity contribution in [2.24, 2.45) is 0 Å². The number of carboxylic acid groups (broad SMARTS) is 2. The lowest BCUT2D eigenvalue weighted by atomic mass is 9.87. The third kappa shape index (κ3) is 5.43. The Morgan fingerprint density at radius 1 is 0.447 bits per heavy atom. The minimum absolute atomic E-state index is 0.0924. The number of benzene rings is 6. The molecule has 0 aliphatic heterocycles. The third-order valence-electron chi connectivity index (χ3n) is 8.84. The van der Waals surface area contributed by atoms with Crippen molar-refractivity contribution in [1.82, 2.24) is 0 Å². The van der Waals surface area contributed by atoms with E-state index in [0.29, 0.717) is 32.7 Å². The summed E-state index contributed by atoms with van der Waals surface area (Å²) in [6, 6.07) is 21.1. The Balaban J connectivity index is 1.82. The van der Waals surface area contributed by atoms with Gasteiger partial charge in [0.25, 0.3) is 0 Å². The fourth-order valence-electron chi connectivity index (χ4n) is 7.00. The Hall–Kier alpha value is -5.06. The van der Waals surface area contributed by atoms with E-state index in [4.69, 9.17) is 4.74 Å². The van der Waals surface area contributed by atoms with Crippen molar-refractivity contribution in [2.75, 3.05) is 26.4 Å². The molecule has 0 unspecified atom stereocenters. The molecular weight excluding hydrogens is 600 g/mol. The van der Waals surface area contributed by atoms with E-state index >= 15 is 0 Å². The number of carbonyl (C=O) groups is 2. The molecule has 0 amide bonds. The highest BCUT2D eigenvalue weighted by Crippen LogP contribution is 2.46. The van der Waals surface area contributed by atoms with Crippen molar-refractivity contribution in [3.8, 4) is 11.5 Å². The largest absolute Gasteiger partial charge is 0.478 e. The Bertz CT molecular complexity index is 2030. The van der Waals surface area contributed by atoms with E-state index in [9.17, 15) is 40.2 Å². The summed E-state index contributed by atoms with van der Waals surface area (Å²) in [7, 11) is 0. The van der Waals surface area contributed by atoms with Crippen LogP contribution in [0.2, 0.25) is 0 Å². The summed E-state index contributed by atoms with van der Waals surface area (Å²) >= 11 is 0. The van der Waals surface area contributed by atoms with Crippen LogP contribution in [0.1, 0.15) is 43.0 Å². The predicted molar refractivity (Wildman–Crippen MR) is 180 cm³/mol. The molecule has 0 atom stereocenters. The highest BCUT2D eigenvalue weighted by atomic mass is 16.5. The Morgan fingerprint density at radius 2 is 0.766 bits per heavy atom. The van der Waals surface area contributed by atoms with Crippen LogP contribution in [-0.4, -0.2) is 69.0 Å². The van der Waals surface area contributed by atoms with Gasteiger partial charge in [-0.1, -0.05) is 60.7 Å². The maximum atomic E-state index is 12.8. The van der Waals surface area contributed by atoms with Crippen LogP contribution in [0.5, 0.6) is 11.5 Å². The van der Waals surface area contributed by atoms with Crippen molar-refractivity contribution in [3.63, 3.8) is 0 Å². The quantitative estimate of drug-likeness (QED) is 0.0937. The average molecular weight is 635 g/mol. The van der Waals surface area contributed by atoms with E-state index in [0.717, 1.165) is 32.7 Å². The molecule has 0 heterocycles. The van der Waals surface area contributed by atoms with E-state index in [2.05, 4.69) is 0 Å². The molecule has 0 spiro atoms. The number of hydrogen-bond acceptors (Lipinski definition) is 7. The van der Waals surface area contributed by atoms with E-state index in [1.165, 1.54) is 12.1 Å². The van der Waals surface area contributed by atoms with Gasteiger partial charge in [-0.2, -0.15) is 0 Å². The number of hydrogen-bond donors (Lipinski definition) is 6. The average Bonchev–Trinajstić information content (AvgIpc) is 3.07. The minimum Gasteiger partial charge on any atom is -0.478 e. The molecule has 6 N–H and O–H groups in total. The molecule has 0 saturated carbocycles. The van der Waals surface area contributed by atoms with Gasteiger partial charge in [-0.3, -0.25) is 0 Å². The zero-order chi connectivity index (χ0) is 33.2. The van der Waals surface area contributed by atoms with Gasteiger partial charge in [-0.25, -0.2) is 9.59 Å². The lowest BCUT2D eigenvalue weighted by Crippen LogP contribution is -2.09. The Labute approximate surface area is 269 Å². The van der Waals surface area contributed by atoms with Gasteiger partial charge in [-0.15, -0.1) is 0 Å². The van der Waals surface area contributed by atoms with Crippen molar-refractivity contribution in [2.45, 2.75) is 25.7 Å². The maximum absolute atomic E-state index is 12.8. The van der Waals surface area contributed by atoms with E-state index < -0.39 is 11.9 Å². The summed E-state index contributed by atoms with van der Waals surface area (Å²) in [5.41, 5.74) is 2.34. The normalized spacial score (nSPS) is 11.6. The molecule has 0 aromatic heterocycles. The van der Waals surface area contributed by atoms with Crippen LogP contribution < -0.4 is 4.74 Å². The Kier molecular flexibility index (Phi) is 9.06. The first-order chi connectivity index (χ1) is 22.9. The molecule has 0 radical (unpaired) electrons. The number of ether oxygens (including phenoxy) is 1. The molecule has 0 saturated heterocycles. The van der Waals surface area contributed by atoms with E-state index in [1.54, 1.807) is 12.1 Å². The van der Waals surface area contributed by atoms with Crippen LogP contribution in [0.3, 0.4) is 0 Å². The third-order valence-corrected chi connectivity index (χ3v) is 8.84. The molecular formula is C38H34O9. The lowest BCUT2D eigenvalue weighted by Gasteiger charge is -2.23. The first-order valence-corrected chi connectivity index (χ1v) is 15.4. The summed E-state index contributed by atoms with van der Waals surface area (Å²) in [6.07, 6.45) is 0.818. The standard InChI is InChI=1S/C38H34O9/c39-17-13-25-21-5-1-3-7-23(21)29(15-19-41)33-27(25)9-11-31(37(43)44)35(33)47-36-32(38(45)46)12-10-28-26(14-18-40)22-6-2-4-8-24(22)30(16-20-42)34(28)36/h1-12,39-42H,13-20H2,(H,43,44)(H,45,46). The monoisotopic (exact) mass is 634 g/mol. The zero-order valence-electron chi connectivity index (χ0n) is 25.5. The fourth-order valence-corrected chi connectivity index (χ4v) is 7.00. The van der Waals surface area contributed by atoms with Gasteiger partial charge in [-0.05, 0) is 92.4 Å². The van der Waals surface area contributed by atoms with Gasteiger partial charge < -0.3 is 35.4 Å². The first-order valence-electron chi connectivity index (χ1n) is 15.4. The highest BCUT2D eigenvalue weighted by molar-refractivity contribution is 6.14. The zero-order valence-corrected chi connectivity index (χ0v) is 25.5. The molecule has 0 aliphatic carbocycles. The van der Waals surface area contributed by atoms with Gasteiger partial charge in [0.2, 0.25) is 0 Å². The number of carboxylic acids is 2. The van der Waals surface area contributed by atoms with Crippen molar-refractivity contribution >= 4 is 55.0 Å². The van der Waals surface area contributed by atoms with Crippen molar-refractivity contribution < 1.29 is 45.0 Å². The number of aliphatic hydroxyl groups excluding tert-OH is 4. The summed E-state index contributed by atoms with van der Waals surface area (Å²) in [4.78, 5) is 25.6. The molecule has 0 bridgehead atoms. The maximum Gasteiger partial charge on any atom is 0.339 e. The topological polar surface area (TPSA) is 165 Å². The molecule has 0 fully saturated rings. The second kappa shape index (κ2) is 13.4. The smallest absolute Gasteiger partial charge is 0.339 e. The molecule has 6 aromatic carbocycles. The number of aromatic carboxylic acids is 2. The van der Waals surface area contributed by atoms with Gasteiger partial charge in [0.05, 0.1) is 0 Å². The van der Waals surface area contributed by atoms with Crippen LogP contribution in [0, 0.1) is 0 Å². The van der Waals surface area contributed by atoms with Crippen LogP contribution in [0.15, 0.2) is 72.8 Å². The molecule has 9 heteroatoms. The SMILES string of the molecule is O=C(O)c1ccc2c(CCO)c3ccccc3c(CCO)c2c1Oc1c(C(=O)O)ccc2c(CCO)c3ccccc3c(CCO)c12. The highest BCUT2D eigenvalue weighted by Gasteiger charge is 2.27. The summed E-state index contributed by atoms with van der Waals surface area (Å²) in [5.74, 6) is -2.78. The number of rotatable bonds is 12. The minimum atomic E-state index is -1.30. The Morgan fingerprint density at radius 3 is 1.09 bits per heavy atom. The molecule has 47 heavy (non-hydrogen) atoms. The number of aliphatic hydroxyl groups is 4. The van der Waals surface area contributed by atoms with Gasteiger partial charge in [0.1, 0.15) is 22.6 Å². The van der Waals surface area contributed by atoms with Crippen LogP contribution in [0.25, 0.3) is 43.1 Å². The second-order valence-corrected chi connectivity index (χ2v) is 11.3. The van der Waals surface area contributed by atoms with Gasteiger partial charge in [0, 0.05) is 37.2 Å². The van der Waals surface area contributed by atoms with Crippen LogP contribution in [0.4, 0.5) is 0 Å². The van der Waals surface area contributed by atoms with E-state index in [-0.39, 0.29) is 74.7 Å². The molecule has 0 aliphatic rings. The number of fused-ring (bicyclic) bond motifs is 4. The molecule has 9 nitrogen and oxygen atoms in total. The second-order valence-electron chi connectivity index (χ2n) is 11.3. The lowest BCUT2D eigenvalue weighted by molar-refractivity contribution is 0.0687. The summed E-state index contributed by atoms with van der Waals surface area (Å²) < 4.78 is 6.68. The van der Waals surface area contributed by atoms with Crippen LogP contribution >= 0.6 is 0 Å². The van der Waals surface area contributed by atoms with E-state index in [1.807, 2.05) is 48.5 Å².